The lowest BCUT2D eigenvalue weighted by atomic mass is 10.2. The lowest BCUT2D eigenvalue weighted by Crippen LogP contribution is -2.38. The van der Waals surface area contributed by atoms with E-state index in [1.165, 1.54) is 0 Å². The first-order chi connectivity index (χ1) is 10.5. The van der Waals surface area contributed by atoms with E-state index < -0.39 is 0 Å². The zero-order valence-electron chi connectivity index (χ0n) is 13.0. The Balaban J connectivity index is 1.86. The lowest BCUT2D eigenvalue weighted by Gasteiger charge is -2.21. The van der Waals surface area contributed by atoms with E-state index in [9.17, 15) is 9.59 Å². The predicted molar refractivity (Wildman–Crippen MR) is 85.1 cm³/mol. The molecular formula is C16H21ClN2O3. The van der Waals surface area contributed by atoms with E-state index in [1.54, 1.807) is 28.9 Å². The maximum atomic E-state index is 12.2. The van der Waals surface area contributed by atoms with Crippen LogP contribution in [0.15, 0.2) is 18.2 Å². The minimum atomic E-state index is -0.0574. The molecule has 5 nitrogen and oxygen atoms in total. The molecule has 1 aromatic rings. The Labute approximate surface area is 135 Å². The van der Waals surface area contributed by atoms with E-state index >= 15 is 0 Å². The molecule has 2 amide bonds. The van der Waals surface area contributed by atoms with Crippen molar-refractivity contribution < 1.29 is 14.3 Å². The van der Waals surface area contributed by atoms with E-state index in [2.05, 4.69) is 0 Å². The zero-order valence-corrected chi connectivity index (χ0v) is 13.7. The van der Waals surface area contributed by atoms with Crippen LogP contribution in [0.3, 0.4) is 0 Å². The van der Waals surface area contributed by atoms with Gasteiger partial charge in [0.15, 0.2) is 6.61 Å². The SMILES string of the molecule is CC(=O)N1CCCN(C(=O)COc2ccc(Cl)c(C)c2)CC1. The topological polar surface area (TPSA) is 49.9 Å². The molecule has 1 heterocycles. The third kappa shape index (κ3) is 4.37. The largest absolute Gasteiger partial charge is 0.484 e. The Kier molecular flexibility index (Phi) is 5.66. The molecule has 2 rings (SSSR count). The molecule has 0 saturated carbocycles. The molecule has 1 aromatic carbocycles. The fraction of sp³-hybridized carbons (Fsp3) is 0.500. The molecule has 22 heavy (non-hydrogen) atoms. The van der Waals surface area contributed by atoms with Crippen LogP contribution in [0.1, 0.15) is 18.9 Å². The number of amides is 2. The van der Waals surface area contributed by atoms with Gasteiger partial charge in [0.1, 0.15) is 5.75 Å². The molecule has 120 valence electrons. The summed E-state index contributed by atoms with van der Waals surface area (Å²) in [4.78, 5) is 27.1. The quantitative estimate of drug-likeness (QED) is 0.855. The van der Waals surface area contributed by atoms with Gasteiger partial charge in [-0.25, -0.2) is 0 Å². The van der Waals surface area contributed by atoms with Crippen molar-refractivity contribution in [2.45, 2.75) is 20.3 Å². The van der Waals surface area contributed by atoms with Crippen LogP contribution < -0.4 is 4.74 Å². The van der Waals surface area contributed by atoms with E-state index in [1.807, 2.05) is 13.0 Å². The molecule has 1 saturated heterocycles. The number of halogens is 1. The Morgan fingerprint density at radius 1 is 1.18 bits per heavy atom. The molecular weight excluding hydrogens is 304 g/mol. The van der Waals surface area contributed by atoms with E-state index in [0.29, 0.717) is 37.0 Å². The summed E-state index contributed by atoms with van der Waals surface area (Å²) in [5.41, 5.74) is 0.915. The molecule has 0 aliphatic carbocycles. The molecule has 1 aliphatic rings. The standard InChI is InChI=1S/C16H21ClN2O3/c1-12-10-14(4-5-15(12)17)22-11-16(21)19-7-3-6-18(8-9-19)13(2)20/h4-5,10H,3,6-9,11H2,1-2H3. The second-order valence-corrected chi connectivity index (χ2v) is 5.85. The fourth-order valence-electron chi connectivity index (χ4n) is 2.43. The van der Waals surface area contributed by atoms with Crippen LogP contribution in [-0.2, 0) is 9.59 Å². The predicted octanol–water partition coefficient (Wildman–Crippen LogP) is 2.11. The van der Waals surface area contributed by atoms with Crippen LogP contribution in [0.2, 0.25) is 5.02 Å². The second-order valence-electron chi connectivity index (χ2n) is 5.44. The summed E-state index contributed by atoms with van der Waals surface area (Å²) < 4.78 is 5.54. The molecule has 0 atom stereocenters. The normalized spacial score (nSPS) is 15.4. The highest BCUT2D eigenvalue weighted by atomic mass is 35.5. The molecule has 0 radical (unpaired) electrons. The number of rotatable bonds is 3. The summed E-state index contributed by atoms with van der Waals surface area (Å²) in [5, 5.41) is 0.676. The lowest BCUT2D eigenvalue weighted by molar-refractivity contribution is -0.134. The number of ether oxygens (including phenoxy) is 1. The van der Waals surface area contributed by atoms with E-state index in [-0.39, 0.29) is 18.4 Å². The Bertz CT molecular complexity index is 562. The molecule has 1 aliphatic heterocycles. The molecule has 0 bridgehead atoms. The van der Waals surface area contributed by atoms with Crippen LogP contribution in [0.5, 0.6) is 5.75 Å². The van der Waals surface area contributed by atoms with Crippen LogP contribution in [0, 0.1) is 6.92 Å². The number of benzene rings is 1. The van der Waals surface area contributed by atoms with Crippen molar-refractivity contribution in [3.63, 3.8) is 0 Å². The third-order valence-corrected chi connectivity index (χ3v) is 4.21. The van der Waals surface area contributed by atoms with E-state index in [4.69, 9.17) is 16.3 Å². The molecule has 0 aromatic heterocycles. The maximum Gasteiger partial charge on any atom is 0.260 e. The second kappa shape index (κ2) is 7.49. The van der Waals surface area contributed by atoms with Gasteiger partial charge in [-0.15, -0.1) is 0 Å². The van der Waals surface area contributed by atoms with Crippen LogP contribution in [-0.4, -0.2) is 54.4 Å². The van der Waals surface area contributed by atoms with Gasteiger partial charge < -0.3 is 14.5 Å². The van der Waals surface area contributed by atoms with Gasteiger partial charge in [-0.1, -0.05) is 11.6 Å². The number of nitrogens with zero attached hydrogens (tertiary/aromatic N) is 2. The molecule has 6 heteroatoms. The molecule has 1 fully saturated rings. The summed E-state index contributed by atoms with van der Waals surface area (Å²) in [7, 11) is 0. The summed E-state index contributed by atoms with van der Waals surface area (Å²) in [5.74, 6) is 0.635. The van der Waals surface area contributed by atoms with Crippen molar-refractivity contribution in [3.8, 4) is 5.75 Å². The van der Waals surface area contributed by atoms with Crippen molar-refractivity contribution in [1.29, 1.82) is 0 Å². The minimum absolute atomic E-state index is 0.00113. The zero-order chi connectivity index (χ0) is 16.1. The van der Waals surface area contributed by atoms with Crippen LogP contribution in [0.25, 0.3) is 0 Å². The van der Waals surface area contributed by atoms with Crippen molar-refractivity contribution in [3.05, 3.63) is 28.8 Å². The van der Waals surface area contributed by atoms with Crippen molar-refractivity contribution in [1.82, 2.24) is 9.80 Å². The molecule has 0 N–H and O–H groups in total. The summed E-state index contributed by atoms with van der Waals surface area (Å²) in [6, 6.07) is 5.32. The number of carbonyl (C=O) groups is 2. The van der Waals surface area contributed by atoms with Crippen LogP contribution in [0.4, 0.5) is 0 Å². The number of hydrogen-bond acceptors (Lipinski definition) is 3. The summed E-state index contributed by atoms with van der Waals surface area (Å²) in [6.45, 7) is 5.96. The highest BCUT2D eigenvalue weighted by Crippen LogP contribution is 2.21. The highest BCUT2D eigenvalue weighted by molar-refractivity contribution is 6.31. The number of carbonyl (C=O) groups excluding carboxylic acids is 2. The molecule has 0 spiro atoms. The molecule has 0 unspecified atom stereocenters. The van der Waals surface area contributed by atoms with Gasteiger partial charge in [0.05, 0.1) is 0 Å². The van der Waals surface area contributed by atoms with Crippen LogP contribution >= 0.6 is 11.6 Å². The van der Waals surface area contributed by atoms with Gasteiger partial charge in [0.25, 0.3) is 5.91 Å². The van der Waals surface area contributed by atoms with Gasteiger partial charge in [-0.3, -0.25) is 9.59 Å². The van der Waals surface area contributed by atoms with Gasteiger partial charge in [0.2, 0.25) is 5.91 Å². The summed E-state index contributed by atoms with van der Waals surface area (Å²) in [6.07, 6.45) is 0.797. The van der Waals surface area contributed by atoms with Gasteiger partial charge in [-0.05, 0) is 37.1 Å². The Morgan fingerprint density at radius 2 is 1.86 bits per heavy atom. The summed E-state index contributed by atoms with van der Waals surface area (Å²) >= 11 is 5.96. The Morgan fingerprint density at radius 3 is 2.55 bits per heavy atom. The first kappa shape index (κ1) is 16.6. The Hall–Kier alpha value is -1.75. The average molecular weight is 325 g/mol. The van der Waals surface area contributed by atoms with Crippen molar-refractivity contribution >= 4 is 23.4 Å². The number of hydrogen-bond donors (Lipinski definition) is 0. The highest BCUT2D eigenvalue weighted by Gasteiger charge is 2.20. The van der Waals surface area contributed by atoms with Gasteiger partial charge in [0, 0.05) is 38.1 Å². The fourth-order valence-corrected chi connectivity index (χ4v) is 2.54. The van der Waals surface area contributed by atoms with Gasteiger partial charge in [-0.2, -0.15) is 0 Å². The monoisotopic (exact) mass is 324 g/mol. The first-order valence-electron chi connectivity index (χ1n) is 7.39. The maximum absolute atomic E-state index is 12.2. The van der Waals surface area contributed by atoms with Crippen molar-refractivity contribution in [2.75, 3.05) is 32.8 Å². The first-order valence-corrected chi connectivity index (χ1v) is 7.77. The van der Waals surface area contributed by atoms with Crippen molar-refractivity contribution in [2.24, 2.45) is 0 Å². The minimum Gasteiger partial charge on any atom is -0.484 e. The third-order valence-electron chi connectivity index (χ3n) is 3.79. The number of aryl methyl sites for hydroxylation is 1. The average Bonchev–Trinajstić information content (AvgIpc) is 2.74. The smallest absolute Gasteiger partial charge is 0.260 e. The van der Waals surface area contributed by atoms with Gasteiger partial charge >= 0.3 is 0 Å². The van der Waals surface area contributed by atoms with E-state index in [0.717, 1.165) is 12.0 Å².